The van der Waals surface area contributed by atoms with Crippen molar-refractivity contribution in [2.75, 3.05) is 4.90 Å². The molecule has 2 heterocycles. The van der Waals surface area contributed by atoms with E-state index in [1.54, 1.807) is 19.1 Å². The van der Waals surface area contributed by atoms with E-state index in [-0.39, 0.29) is 33.4 Å². The van der Waals surface area contributed by atoms with Crippen LogP contribution in [0.4, 0.5) is 10.5 Å². The van der Waals surface area contributed by atoms with Gasteiger partial charge in [-0.25, -0.2) is 14.5 Å². The standard InChI is InChI=1S/C23H14Cl2N2O6/c1-11-16(24)3-2-4-18(11)27-21(29)15(20(28)26-23(27)32)10-13-6-8-19(33-13)14-9-12(22(30)31)5-7-17(14)25/h2-10H,1H3,(H,30,31)(H,26,28,32)/b15-10+. The summed E-state index contributed by atoms with van der Waals surface area (Å²) in [5.74, 6) is -2.51. The van der Waals surface area contributed by atoms with Crippen LogP contribution >= 0.6 is 23.2 Å². The molecule has 1 fully saturated rings. The molecular formula is C23H14Cl2N2O6. The number of aromatic carboxylic acids is 1. The van der Waals surface area contributed by atoms with Crippen LogP contribution in [0.15, 0.2) is 58.5 Å². The summed E-state index contributed by atoms with van der Waals surface area (Å²) in [5, 5.41) is 11.9. The molecule has 8 nitrogen and oxygen atoms in total. The number of carbonyl (C=O) groups excluding carboxylic acids is 3. The SMILES string of the molecule is Cc1c(Cl)cccc1N1C(=O)NC(=O)/C(=C\c2ccc(-c3cc(C(=O)O)ccc3Cl)o2)C1=O. The van der Waals surface area contributed by atoms with E-state index < -0.39 is 23.8 Å². The van der Waals surface area contributed by atoms with Crippen molar-refractivity contribution < 1.29 is 28.7 Å². The number of carbonyl (C=O) groups is 4. The Labute approximate surface area is 197 Å². The molecule has 4 amide bonds. The highest BCUT2D eigenvalue weighted by atomic mass is 35.5. The molecule has 0 atom stereocenters. The molecule has 166 valence electrons. The number of carboxylic acids is 1. The van der Waals surface area contributed by atoms with Crippen molar-refractivity contribution in [1.29, 1.82) is 0 Å². The number of carboxylic acid groups (broad SMARTS) is 1. The zero-order valence-corrected chi connectivity index (χ0v) is 18.4. The predicted molar refractivity (Wildman–Crippen MR) is 121 cm³/mol. The summed E-state index contributed by atoms with van der Waals surface area (Å²) in [6.45, 7) is 1.64. The van der Waals surface area contributed by atoms with E-state index in [0.29, 0.717) is 16.1 Å². The molecule has 0 saturated carbocycles. The lowest BCUT2D eigenvalue weighted by Gasteiger charge is -2.27. The van der Waals surface area contributed by atoms with E-state index in [1.807, 2.05) is 0 Å². The summed E-state index contributed by atoms with van der Waals surface area (Å²) in [6.07, 6.45) is 1.19. The number of nitrogens with one attached hydrogen (secondary N) is 1. The average Bonchev–Trinajstić information content (AvgIpc) is 3.22. The molecule has 1 aliphatic rings. The predicted octanol–water partition coefficient (Wildman–Crippen LogP) is 4.93. The normalized spacial score (nSPS) is 15.2. The summed E-state index contributed by atoms with van der Waals surface area (Å²) in [6, 6.07) is 11.0. The van der Waals surface area contributed by atoms with Crippen LogP contribution in [-0.2, 0) is 9.59 Å². The number of anilines is 1. The third-order valence-corrected chi connectivity index (χ3v) is 5.71. The van der Waals surface area contributed by atoms with E-state index in [9.17, 15) is 24.3 Å². The third-order valence-electron chi connectivity index (χ3n) is 4.97. The van der Waals surface area contributed by atoms with Crippen molar-refractivity contribution >= 4 is 58.8 Å². The van der Waals surface area contributed by atoms with E-state index >= 15 is 0 Å². The molecule has 3 aromatic rings. The Hall–Kier alpha value is -3.88. The van der Waals surface area contributed by atoms with Gasteiger partial charge >= 0.3 is 12.0 Å². The minimum Gasteiger partial charge on any atom is -0.478 e. The maximum absolute atomic E-state index is 13.1. The number of barbiturate groups is 1. The molecule has 0 unspecified atom stereocenters. The van der Waals surface area contributed by atoms with Crippen LogP contribution in [0.25, 0.3) is 17.4 Å². The van der Waals surface area contributed by atoms with Gasteiger partial charge in [0.1, 0.15) is 17.1 Å². The second-order valence-electron chi connectivity index (χ2n) is 7.04. The monoisotopic (exact) mass is 484 g/mol. The molecule has 0 bridgehead atoms. The van der Waals surface area contributed by atoms with Gasteiger partial charge in [0, 0.05) is 10.6 Å². The number of halogens is 2. The van der Waals surface area contributed by atoms with Crippen LogP contribution in [0.2, 0.25) is 10.0 Å². The van der Waals surface area contributed by atoms with E-state index in [4.69, 9.17) is 27.6 Å². The molecule has 0 aliphatic carbocycles. The molecule has 2 aromatic carbocycles. The van der Waals surface area contributed by atoms with Crippen molar-refractivity contribution in [3.63, 3.8) is 0 Å². The quantitative estimate of drug-likeness (QED) is 0.400. The topological polar surface area (TPSA) is 117 Å². The molecule has 1 saturated heterocycles. The number of nitrogens with zero attached hydrogens (tertiary/aromatic N) is 1. The van der Waals surface area contributed by atoms with Crippen LogP contribution in [-0.4, -0.2) is 28.9 Å². The number of furan rings is 1. The zero-order chi connectivity index (χ0) is 23.9. The Morgan fingerprint density at radius 1 is 1.06 bits per heavy atom. The lowest BCUT2D eigenvalue weighted by molar-refractivity contribution is -0.122. The van der Waals surface area contributed by atoms with Gasteiger partial charge in [0.05, 0.1) is 16.3 Å². The third kappa shape index (κ3) is 4.13. The number of rotatable bonds is 4. The molecule has 2 N–H and O–H groups in total. The lowest BCUT2D eigenvalue weighted by Crippen LogP contribution is -2.54. The minimum absolute atomic E-state index is 0.0126. The molecule has 0 spiro atoms. The van der Waals surface area contributed by atoms with Gasteiger partial charge in [0.15, 0.2) is 0 Å². The number of hydrogen-bond donors (Lipinski definition) is 2. The largest absolute Gasteiger partial charge is 0.478 e. The molecular weight excluding hydrogens is 471 g/mol. The number of urea groups is 1. The van der Waals surface area contributed by atoms with Crippen LogP contribution in [0.3, 0.4) is 0 Å². The van der Waals surface area contributed by atoms with Crippen LogP contribution < -0.4 is 10.2 Å². The Kier molecular flexibility index (Phi) is 5.80. The fraction of sp³-hybridized carbons (Fsp3) is 0.0435. The second kappa shape index (κ2) is 8.57. The van der Waals surface area contributed by atoms with Crippen molar-refractivity contribution in [1.82, 2.24) is 5.32 Å². The van der Waals surface area contributed by atoms with Gasteiger partial charge in [-0.15, -0.1) is 0 Å². The smallest absolute Gasteiger partial charge is 0.335 e. The highest BCUT2D eigenvalue weighted by Gasteiger charge is 2.37. The Balaban J connectivity index is 1.72. The van der Waals surface area contributed by atoms with Gasteiger partial charge in [-0.3, -0.25) is 14.9 Å². The van der Waals surface area contributed by atoms with Crippen molar-refractivity contribution in [2.45, 2.75) is 6.92 Å². The Morgan fingerprint density at radius 2 is 1.82 bits per heavy atom. The van der Waals surface area contributed by atoms with E-state index in [2.05, 4.69) is 5.32 Å². The Morgan fingerprint density at radius 3 is 2.55 bits per heavy atom. The van der Waals surface area contributed by atoms with Gasteiger partial charge in [-0.1, -0.05) is 29.3 Å². The van der Waals surface area contributed by atoms with E-state index in [1.165, 1.54) is 42.5 Å². The number of amides is 4. The second-order valence-corrected chi connectivity index (χ2v) is 7.86. The lowest BCUT2D eigenvalue weighted by atomic mass is 10.1. The molecule has 0 radical (unpaired) electrons. The van der Waals surface area contributed by atoms with Gasteiger partial charge in [0.2, 0.25) is 0 Å². The first-order valence-electron chi connectivity index (χ1n) is 9.47. The zero-order valence-electron chi connectivity index (χ0n) is 16.9. The maximum atomic E-state index is 13.1. The highest BCUT2D eigenvalue weighted by Crippen LogP contribution is 2.32. The van der Waals surface area contributed by atoms with Crippen molar-refractivity contribution in [2.24, 2.45) is 0 Å². The number of benzene rings is 2. The molecule has 33 heavy (non-hydrogen) atoms. The first-order chi connectivity index (χ1) is 15.7. The first kappa shape index (κ1) is 22.3. The summed E-state index contributed by atoms with van der Waals surface area (Å²) in [5.41, 5.74) is 0.733. The highest BCUT2D eigenvalue weighted by molar-refractivity contribution is 6.40. The number of hydrogen-bond acceptors (Lipinski definition) is 5. The summed E-state index contributed by atoms with van der Waals surface area (Å²) in [4.78, 5) is 49.9. The van der Waals surface area contributed by atoms with Crippen molar-refractivity contribution in [3.8, 4) is 11.3 Å². The molecule has 10 heteroatoms. The van der Waals surface area contributed by atoms with Crippen LogP contribution in [0.5, 0.6) is 0 Å². The minimum atomic E-state index is -1.13. The maximum Gasteiger partial charge on any atom is 0.335 e. The summed E-state index contributed by atoms with van der Waals surface area (Å²) >= 11 is 12.3. The van der Waals surface area contributed by atoms with Gasteiger partial charge < -0.3 is 9.52 Å². The Bertz CT molecular complexity index is 1380. The van der Waals surface area contributed by atoms with Gasteiger partial charge in [0.25, 0.3) is 11.8 Å². The van der Waals surface area contributed by atoms with Crippen molar-refractivity contribution in [3.05, 3.63) is 81.0 Å². The van der Waals surface area contributed by atoms with Gasteiger partial charge in [-0.05, 0) is 61.0 Å². The molecule has 4 rings (SSSR count). The fourth-order valence-corrected chi connectivity index (χ4v) is 3.66. The first-order valence-corrected chi connectivity index (χ1v) is 10.2. The number of imide groups is 2. The van der Waals surface area contributed by atoms with E-state index in [0.717, 1.165) is 4.90 Å². The molecule has 1 aliphatic heterocycles. The fourth-order valence-electron chi connectivity index (χ4n) is 3.28. The summed E-state index contributed by atoms with van der Waals surface area (Å²) < 4.78 is 5.68. The summed E-state index contributed by atoms with van der Waals surface area (Å²) in [7, 11) is 0. The van der Waals surface area contributed by atoms with Gasteiger partial charge in [-0.2, -0.15) is 0 Å². The molecule has 1 aromatic heterocycles. The van der Waals surface area contributed by atoms with Crippen LogP contribution in [0, 0.1) is 6.92 Å². The van der Waals surface area contributed by atoms with Crippen LogP contribution in [0.1, 0.15) is 21.7 Å². The average molecular weight is 485 g/mol.